The molecule has 0 radical (unpaired) electrons. The number of hydrogen-bond donors (Lipinski definition) is 2. The molecule has 2 N–H and O–H groups in total. The summed E-state index contributed by atoms with van der Waals surface area (Å²) < 4.78 is 4.84. The van der Waals surface area contributed by atoms with E-state index >= 15 is 0 Å². The van der Waals surface area contributed by atoms with E-state index in [2.05, 4.69) is 9.97 Å². The molecule has 6 nitrogen and oxygen atoms in total. The van der Waals surface area contributed by atoms with Gasteiger partial charge >= 0.3 is 11.7 Å². The quantitative estimate of drug-likeness (QED) is 0.630. The van der Waals surface area contributed by atoms with Gasteiger partial charge < -0.3 is 9.72 Å². The molecule has 0 amide bonds. The second-order valence-corrected chi connectivity index (χ2v) is 3.87. The van der Waals surface area contributed by atoms with E-state index in [4.69, 9.17) is 16.3 Å². The summed E-state index contributed by atoms with van der Waals surface area (Å²) in [5.74, 6) is -0.353. The van der Waals surface area contributed by atoms with E-state index in [0.717, 1.165) is 0 Å². The maximum Gasteiger partial charge on any atom is 0.338 e. The second-order valence-electron chi connectivity index (χ2n) is 3.49. The van der Waals surface area contributed by atoms with Gasteiger partial charge in [0.15, 0.2) is 0 Å². The van der Waals surface area contributed by atoms with Crippen LogP contribution < -0.4 is 11.2 Å². The van der Waals surface area contributed by atoms with Crippen molar-refractivity contribution in [2.24, 2.45) is 0 Å². The van der Waals surface area contributed by atoms with Crippen LogP contribution in [0.2, 0.25) is 0 Å². The van der Waals surface area contributed by atoms with E-state index in [1.807, 2.05) is 0 Å². The summed E-state index contributed by atoms with van der Waals surface area (Å²) in [7, 11) is 0. The number of carbonyl (C=O) groups is 1. The highest BCUT2D eigenvalue weighted by Gasteiger charge is 2.09. The zero-order valence-corrected chi connectivity index (χ0v) is 9.91. The third-order valence-electron chi connectivity index (χ3n) is 2.29. The Labute approximate surface area is 106 Å². The Balaban J connectivity index is 2.47. The van der Waals surface area contributed by atoms with Gasteiger partial charge in [-0.05, 0) is 18.2 Å². The number of aromatic nitrogens is 2. The van der Waals surface area contributed by atoms with Crippen molar-refractivity contribution in [2.75, 3.05) is 12.5 Å². The second kappa shape index (κ2) is 5.05. The number of fused-ring (bicyclic) bond motifs is 1. The predicted molar refractivity (Wildman–Crippen MR) is 66.2 cm³/mol. The van der Waals surface area contributed by atoms with Gasteiger partial charge in [-0.15, -0.1) is 11.6 Å². The number of alkyl halides is 1. The van der Waals surface area contributed by atoms with Crippen LogP contribution in [0, 0.1) is 0 Å². The molecule has 18 heavy (non-hydrogen) atoms. The first-order valence-corrected chi connectivity index (χ1v) is 5.64. The lowest BCUT2D eigenvalue weighted by molar-refractivity contribution is 0.0529. The summed E-state index contributed by atoms with van der Waals surface area (Å²) in [5, 5.41) is 0.295. The number of ether oxygens (including phenoxy) is 1. The zero-order valence-electron chi connectivity index (χ0n) is 9.16. The Morgan fingerprint density at radius 3 is 2.78 bits per heavy atom. The minimum atomic E-state index is -0.626. The van der Waals surface area contributed by atoms with E-state index < -0.39 is 17.2 Å². The highest BCUT2D eigenvalue weighted by molar-refractivity contribution is 6.18. The van der Waals surface area contributed by atoms with Crippen molar-refractivity contribution in [3.05, 3.63) is 44.6 Å². The van der Waals surface area contributed by atoms with Crippen LogP contribution in [-0.2, 0) is 4.74 Å². The molecule has 0 aliphatic heterocycles. The van der Waals surface area contributed by atoms with E-state index in [0.29, 0.717) is 5.39 Å². The van der Waals surface area contributed by atoms with Gasteiger partial charge in [0.2, 0.25) is 0 Å². The molecule has 0 unspecified atom stereocenters. The maximum absolute atomic E-state index is 11.6. The molecular formula is C11H9ClN2O4. The van der Waals surface area contributed by atoms with Crippen molar-refractivity contribution in [1.82, 2.24) is 9.97 Å². The summed E-state index contributed by atoms with van der Waals surface area (Å²) in [4.78, 5) is 38.6. The third-order valence-corrected chi connectivity index (χ3v) is 2.44. The number of halogens is 1. The molecular weight excluding hydrogens is 260 g/mol. The molecule has 1 heterocycles. The van der Waals surface area contributed by atoms with Crippen molar-refractivity contribution in [3.63, 3.8) is 0 Å². The number of nitrogens with one attached hydrogen (secondary N) is 2. The number of aromatic amines is 2. The average molecular weight is 269 g/mol. The van der Waals surface area contributed by atoms with E-state index in [-0.39, 0.29) is 23.6 Å². The predicted octanol–water partition coefficient (Wildman–Crippen LogP) is 0.612. The Kier molecular flexibility index (Phi) is 3.47. The maximum atomic E-state index is 11.6. The summed E-state index contributed by atoms with van der Waals surface area (Å²) in [6.45, 7) is 0.102. The fourth-order valence-corrected chi connectivity index (χ4v) is 1.59. The lowest BCUT2D eigenvalue weighted by atomic mass is 10.1. The summed E-state index contributed by atoms with van der Waals surface area (Å²) >= 11 is 5.40. The fraction of sp³-hybridized carbons (Fsp3) is 0.182. The van der Waals surface area contributed by atoms with Gasteiger partial charge in [0.1, 0.15) is 6.61 Å². The van der Waals surface area contributed by atoms with Crippen LogP contribution >= 0.6 is 11.6 Å². The normalized spacial score (nSPS) is 10.5. The highest BCUT2D eigenvalue weighted by atomic mass is 35.5. The number of rotatable bonds is 3. The van der Waals surface area contributed by atoms with Crippen LogP contribution in [0.3, 0.4) is 0 Å². The smallest absolute Gasteiger partial charge is 0.338 e. The first-order chi connectivity index (χ1) is 8.61. The lowest BCUT2D eigenvalue weighted by Gasteiger charge is -2.03. The largest absolute Gasteiger partial charge is 0.461 e. The summed E-state index contributed by atoms with van der Waals surface area (Å²) in [6, 6.07) is 4.29. The number of H-pyrrole nitrogens is 2. The van der Waals surface area contributed by atoms with Gasteiger partial charge in [-0.3, -0.25) is 9.78 Å². The van der Waals surface area contributed by atoms with Crippen LogP contribution in [0.25, 0.3) is 10.9 Å². The summed E-state index contributed by atoms with van der Waals surface area (Å²) in [5.41, 5.74) is -0.605. The van der Waals surface area contributed by atoms with Crippen molar-refractivity contribution in [2.45, 2.75) is 0 Å². The van der Waals surface area contributed by atoms with Crippen LogP contribution in [0.1, 0.15) is 10.4 Å². The molecule has 1 aromatic heterocycles. The molecule has 0 saturated carbocycles. The van der Waals surface area contributed by atoms with Crippen molar-refractivity contribution < 1.29 is 9.53 Å². The summed E-state index contributed by atoms with van der Waals surface area (Å²) in [6.07, 6.45) is 0. The molecule has 0 saturated heterocycles. The Morgan fingerprint density at radius 2 is 2.06 bits per heavy atom. The molecule has 1 aromatic carbocycles. The molecule has 2 rings (SSSR count). The monoisotopic (exact) mass is 268 g/mol. The Morgan fingerprint density at radius 1 is 1.28 bits per heavy atom. The molecule has 7 heteroatoms. The minimum absolute atomic E-state index is 0.102. The molecule has 0 spiro atoms. The topological polar surface area (TPSA) is 92.0 Å². The number of carbonyl (C=O) groups excluding carboxylic acids is 1. The molecule has 0 aliphatic carbocycles. The van der Waals surface area contributed by atoms with Crippen LogP contribution in [0.5, 0.6) is 0 Å². The SMILES string of the molecule is O=C(OCCCl)c1ccc2c(=O)[nH]c(=O)[nH]c2c1. The first-order valence-electron chi connectivity index (χ1n) is 5.11. The molecule has 0 atom stereocenters. The average Bonchev–Trinajstić information content (AvgIpc) is 2.34. The fourth-order valence-electron chi connectivity index (χ4n) is 1.51. The van der Waals surface area contributed by atoms with Gasteiger partial charge in [-0.25, -0.2) is 9.59 Å². The van der Waals surface area contributed by atoms with Crippen LogP contribution in [-0.4, -0.2) is 28.4 Å². The number of hydrogen-bond acceptors (Lipinski definition) is 4. The lowest BCUT2D eigenvalue weighted by Crippen LogP contribution is -2.22. The van der Waals surface area contributed by atoms with Crippen LogP contribution in [0.4, 0.5) is 0 Å². The Hall–Kier alpha value is -2.08. The highest BCUT2D eigenvalue weighted by Crippen LogP contribution is 2.09. The number of benzene rings is 1. The van der Waals surface area contributed by atoms with Crippen molar-refractivity contribution >= 4 is 28.5 Å². The van der Waals surface area contributed by atoms with Gasteiger partial charge in [-0.2, -0.15) is 0 Å². The molecule has 2 aromatic rings. The minimum Gasteiger partial charge on any atom is -0.461 e. The van der Waals surface area contributed by atoms with Gasteiger partial charge in [0, 0.05) is 0 Å². The molecule has 0 fully saturated rings. The van der Waals surface area contributed by atoms with Crippen molar-refractivity contribution in [3.8, 4) is 0 Å². The number of esters is 1. The zero-order chi connectivity index (χ0) is 13.1. The standard InChI is InChI=1S/C11H9ClN2O4/c12-3-4-18-10(16)6-1-2-7-8(5-6)13-11(17)14-9(7)15/h1-2,5H,3-4H2,(H2,13,14,15,17). The van der Waals surface area contributed by atoms with Crippen LogP contribution in [0.15, 0.2) is 27.8 Å². The molecule has 0 bridgehead atoms. The molecule has 0 aliphatic rings. The van der Waals surface area contributed by atoms with Gasteiger partial charge in [0.05, 0.1) is 22.3 Å². The van der Waals surface area contributed by atoms with E-state index in [9.17, 15) is 14.4 Å². The van der Waals surface area contributed by atoms with E-state index in [1.54, 1.807) is 0 Å². The first kappa shape index (κ1) is 12.4. The Bertz CT molecular complexity index is 704. The van der Waals surface area contributed by atoms with Crippen molar-refractivity contribution in [1.29, 1.82) is 0 Å². The van der Waals surface area contributed by atoms with E-state index in [1.165, 1.54) is 18.2 Å². The van der Waals surface area contributed by atoms with Gasteiger partial charge in [0.25, 0.3) is 5.56 Å². The molecule has 94 valence electrons. The third kappa shape index (κ3) is 2.43. The van der Waals surface area contributed by atoms with Gasteiger partial charge in [-0.1, -0.05) is 0 Å².